The third-order valence-electron chi connectivity index (χ3n) is 6.51. The van der Waals surface area contributed by atoms with Crippen LogP contribution in [0.4, 0.5) is 30.4 Å². The number of amidine groups is 1. The first-order valence-corrected chi connectivity index (χ1v) is 13.3. The van der Waals surface area contributed by atoms with Gasteiger partial charge in [0.1, 0.15) is 18.0 Å². The fourth-order valence-corrected chi connectivity index (χ4v) is 4.23. The fourth-order valence-electron chi connectivity index (χ4n) is 4.23. The van der Waals surface area contributed by atoms with Crippen LogP contribution in [0.2, 0.25) is 0 Å². The minimum absolute atomic E-state index is 0.118. The summed E-state index contributed by atoms with van der Waals surface area (Å²) < 4.78 is 44.6. The quantitative estimate of drug-likeness (QED) is 0.208. The zero-order valence-corrected chi connectivity index (χ0v) is 23.3. The number of carbonyl (C=O) groups is 1. The lowest BCUT2D eigenvalue weighted by Crippen LogP contribution is -2.39. The molecule has 0 unspecified atom stereocenters. The van der Waals surface area contributed by atoms with E-state index in [1.54, 1.807) is 37.5 Å². The highest BCUT2D eigenvalue weighted by Gasteiger charge is 2.31. The molecule has 13 heteroatoms. The molecule has 0 saturated carbocycles. The second kappa shape index (κ2) is 13.9. The molecule has 1 saturated heterocycles. The van der Waals surface area contributed by atoms with Gasteiger partial charge in [0.15, 0.2) is 0 Å². The second-order valence-electron chi connectivity index (χ2n) is 9.55. The molecule has 4 rings (SSSR count). The smallest absolute Gasteiger partial charge is 0.393 e. The van der Waals surface area contributed by atoms with Crippen LogP contribution < -0.4 is 21.7 Å². The number of nitrogens with zero attached hydrogens (tertiary/aromatic N) is 4. The number of halogens is 3. The van der Waals surface area contributed by atoms with Crippen molar-refractivity contribution in [2.24, 2.45) is 10.7 Å². The van der Waals surface area contributed by atoms with Gasteiger partial charge >= 0.3 is 6.18 Å². The molecule has 10 nitrogen and oxygen atoms in total. The molecule has 0 aliphatic carbocycles. The summed E-state index contributed by atoms with van der Waals surface area (Å²) >= 11 is 0. The Balaban J connectivity index is 1.49. The van der Waals surface area contributed by atoms with Crippen molar-refractivity contribution in [2.45, 2.75) is 13.1 Å². The Morgan fingerprint density at radius 2 is 1.93 bits per heavy atom. The van der Waals surface area contributed by atoms with Gasteiger partial charge in [-0.3, -0.25) is 9.69 Å². The van der Waals surface area contributed by atoms with Crippen LogP contribution in [0.25, 0.3) is 5.57 Å². The van der Waals surface area contributed by atoms with Crippen LogP contribution in [0.3, 0.4) is 0 Å². The summed E-state index contributed by atoms with van der Waals surface area (Å²) in [7, 11) is 1.73. The molecular weight excluding hydrogens is 549 g/mol. The Bertz CT molecular complexity index is 1450. The van der Waals surface area contributed by atoms with Crippen LogP contribution in [0.5, 0.6) is 0 Å². The Morgan fingerprint density at radius 3 is 2.67 bits per heavy atom. The number of aromatic nitrogens is 2. The number of benzene rings is 2. The van der Waals surface area contributed by atoms with E-state index < -0.39 is 17.6 Å². The number of morpholine rings is 1. The van der Waals surface area contributed by atoms with Crippen molar-refractivity contribution in [1.29, 1.82) is 0 Å². The van der Waals surface area contributed by atoms with Gasteiger partial charge in [0, 0.05) is 56.7 Å². The van der Waals surface area contributed by atoms with Gasteiger partial charge in [-0.15, -0.1) is 0 Å². The highest BCUT2D eigenvalue weighted by Crippen LogP contribution is 2.30. The number of hydrogen-bond donors (Lipinski definition) is 4. The summed E-state index contributed by atoms with van der Waals surface area (Å²) in [6.07, 6.45) is -1.44. The number of anilines is 2. The van der Waals surface area contributed by atoms with Crippen LogP contribution in [0.1, 0.15) is 27.2 Å². The number of aryl methyl sites for hydroxylation is 1. The first-order valence-electron chi connectivity index (χ1n) is 13.3. The van der Waals surface area contributed by atoms with Gasteiger partial charge in [-0.2, -0.15) is 13.2 Å². The summed E-state index contributed by atoms with van der Waals surface area (Å²) in [6, 6.07) is 11.0. The molecule has 1 amide bonds. The number of rotatable bonds is 10. The SMILES string of the molecule is CN/C=C(\C(N)=Nc1cc(NC(=O)c2cccc(C(F)(F)F)c2)ccc1C)c1cc(NCCN2CCOCC2)ncn1. The van der Waals surface area contributed by atoms with Crippen LogP contribution in [0, 0.1) is 6.92 Å². The van der Waals surface area contributed by atoms with Crippen molar-refractivity contribution >= 4 is 34.5 Å². The molecule has 0 spiro atoms. The van der Waals surface area contributed by atoms with Crippen molar-refractivity contribution in [1.82, 2.24) is 20.2 Å². The standard InChI is InChI=1S/C29H33F3N8O2/c1-19-6-7-22(38-28(41)20-4-3-5-21(14-20)29(30,31)32)15-24(19)39-27(33)23(17-34-2)25-16-26(37-18-36-25)35-8-9-40-10-12-42-13-11-40/h3-7,14-18,34H,8-13H2,1-2H3,(H2,33,39)(H,38,41)(H,35,36,37)/b23-17-. The van der Waals surface area contributed by atoms with E-state index in [0.717, 1.165) is 50.5 Å². The van der Waals surface area contributed by atoms with Gasteiger partial charge in [0.2, 0.25) is 0 Å². The third-order valence-corrected chi connectivity index (χ3v) is 6.51. The van der Waals surface area contributed by atoms with E-state index in [0.29, 0.717) is 35.0 Å². The largest absolute Gasteiger partial charge is 0.416 e. The molecule has 1 aliphatic rings. The summed E-state index contributed by atoms with van der Waals surface area (Å²) in [4.78, 5) is 28.3. The fraction of sp³-hybridized carbons (Fsp3) is 0.310. The molecule has 2 aromatic carbocycles. The number of hydrogen-bond acceptors (Lipinski definition) is 8. The highest BCUT2D eigenvalue weighted by atomic mass is 19.4. The number of amides is 1. The summed E-state index contributed by atoms with van der Waals surface area (Å²) in [5.41, 5.74) is 8.06. The van der Waals surface area contributed by atoms with Gasteiger partial charge in [-0.1, -0.05) is 12.1 Å². The van der Waals surface area contributed by atoms with Crippen LogP contribution in [0.15, 0.2) is 66.1 Å². The number of carbonyl (C=O) groups excluding carboxylic acids is 1. The van der Waals surface area contributed by atoms with Gasteiger partial charge in [-0.25, -0.2) is 15.0 Å². The van der Waals surface area contributed by atoms with Crippen molar-refractivity contribution in [3.63, 3.8) is 0 Å². The van der Waals surface area contributed by atoms with Crippen LogP contribution >= 0.6 is 0 Å². The number of ether oxygens (including phenoxy) is 1. The lowest BCUT2D eigenvalue weighted by atomic mass is 10.1. The maximum atomic E-state index is 13.1. The molecule has 3 aromatic rings. The van der Waals surface area contributed by atoms with E-state index in [-0.39, 0.29) is 11.4 Å². The molecular formula is C29H33F3N8O2. The number of nitrogens with two attached hydrogens (primary N) is 1. The average molecular weight is 583 g/mol. The predicted octanol–water partition coefficient (Wildman–Crippen LogP) is 4.05. The number of alkyl halides is 3. The van der Waals surface area contributed by atoms with E-state index >= 15 is 0 Å². The number of nitrogens with one attached hydrogen (secondary N) is 3. The first kappa shape index (κ1) is 30.5. The molecule has 5 N–H and O–H groups in total. The van der Waals surface area contributed by atoms with Crippen molar-refractivity contribution in [3.8, 4) is 0 Å². The molecule has 0 bridgehead atoms. The molecule has 42 heavy (non-hydrogen) atoms. The van der Waals surface area contributed by atoms with E-state index in [9.17, 15) is 18.0 Å². The third kappa shape index (κ3) is 8.27. The Labute approximate surface area is 241 Å². The molecule has 0 radical (unpaired) electrons. The van der Waals surface area contributed by atoms with Crippen molar-refractivity contribution in [2.75, 3.05) is 57.1 Å². The summed E-state index contributed by atoms with van der Waals surface area (Å²) in [5, 5.41) is 8.91. The lowest BCUT2D eigenvalue weighted by molar-refractivity contribution is -0.137. The zero-order chi connectivity index (χ0) is 30.1. The summed E-state index contributed by atoms with van der Waals surface area (Å²) in [5.74, 6) is 0.114. The van der Waals surface area contributed by atoms with Gasteiger partial charge in [0.05, 0.1) is 35.7 Å². The Kier molecular flexibility index (Phi) is 10.1. The molecule has 1 aliphatic heterocycles. The topological polar surface area (TPSA) is 130 Å². The summed E-state index contributed by atoms with van der Waals surface area (Å²) in [6.45, 7) is 6.64. The maximum Gasteiger partial charge on any atom is 0.416 e. The average Bonchev–Trinajstić information content (AvgIpc) is 2.98. The predicted molar refractivity (Wildman–Crippen MR) is 157 cm³/mol. The molecule has 222 valence electrons. The minimum Gasteiger partial charge on any atom is -0.393 e. The molecule has 0 atom stereocenters. The van der Waals surface area contributed by atoms with E-state index in [2.05, 4.69) is 35.8 Å². The van der Waals surface area contributed by atoms with Crippen LogP contribution in [-0.4, -0.2) is 73.1 Å². The minimum atomic E-state index is -4.55. The first-order chi connectivity index (χ1) is 20.1. The van der Waals surface area contributed by atoms with E-state index in [1.165, 1.54) is 18.5 Å². The normalized spacial score (nSPS) is 14.9. The van der Waals surface area contributed by atoms with Gasteiger partial charge in [0.25, 0.3) is 5.91 Å². The van der Waals surface area contributed by atoms with Crippen LogP contribution in [-0.2, 0) is 10.9 Å². The van der Waals surface area contributed by atoms with Crippen molar-refractivity contribution < 1.29 is 22.7 Å². The Morgan fingerprint density at radius 1 is 1.14 bits per heavy atom. The van der Waals surface area contributed by atoms with E-state index in [4.69, 9.17) is 10.5 Å². The monoisotopic (exact) mass is 582 g/mol. The molecule has 2 heterocycles. The van der Waals surface area contributed by atoms with Crippen molar-refractivity contribution in [3.05, 3.63) is 83.4 Å². The highest BCUT2D eigenvalue weighted by molar-refractivity contribution is 6.22. The molecule has 1 aromatic heterocycles. The second-order valence-corrected chi connectivity index (χ2v) is 9.55. The Hall–Kier alpha value is -4.49. The molecule has 1 fully saturated rings. The van der Waals surface area contributed by atoms with Gasteiger partial charge < -0.3 is 26.4 Å². The van der Waals surface area contributed by atoms with E-state index in [1.807, 2.05) is 6.92 Å². The van der Waals surface area contributed by atoms with Gasteiger partial charge in [-0.05, 0) is 42.8 Å². The zero-order valence-electron chi connectivity index (χ0n) is 23.3. The maximum absolute atomic E-state index is 13.1. The lowest BCUT2D eigenvalue weighted by Gasteiger charge is -2.26. The number of aliphatic imine (C=N–C) groups is 1.